The predicted octanol–water partition coefficient (Wildman–Crippen LogP) is 2.47. The van der Waals surface area contributed by atoms with Crippen LogP contribution in [0.5, 0.6) is 11.5 Å². The normalized spacial score (nSPS) is 13.1. The number of hydrogen-bond acceptors (Lipinski definition) is 7. The number of fused-ring (bicyclic) bond motifs is 2. The van der Waals surface area contributed by atoms with Crippen LogP contribution in [0.1, 0.15) is 23.2 Å². The number of carbonyl (C=O) groups excluding carboxylic acids is 2. The second kappa shape index (κ2) is 8.11. The van der Waals surface area contributed by atoms with Crippen molar-refractivity contribution in [2.24, 2.45) is 0 Å². The topological polar surface area (TPSA) is 112 Å². The van der Waals surface area contributed by atoms with Crippen molar-refractivity contribution in [3.63, 3.8) is 0 Å². The van der Waals surface area contributed by atoms with Crippen molar-refractivity contribution in [1.29, 1.82) is 0 Å². The van der Waals surface area contributed by atoms with E-state index in [1.807, 2.05) is 4.72 Å². The van der Waals surface area contributed by atoms with Gasteiger partial charge in [-0.2, -0.15) is 0 Å². The number of ketones is 1. The van der Waals surface area contributed by atoms with Gasteiger partial charge in [-0.15, -0.1) is 0 Å². The van der Waals surface area contributed by atoms with Gasteiger partial charge in [-0.3, -0.25) is 14.6 Å². The molecule has 1 aromatic heterocycles. The van der Waals surface area contributed by atoms with Crippen LogP contribution in [-0.2, 0) is 14.8 Å². The van der Waals surface area contributed by atoms with Gasteiger partial charge in [-0.05, 0) is 30.3 Å². The first-order chi connectivity index (χ1) is 14.4. The highest BCUT2D eigenvalue weighted by Gasteiger charge is 2.21. The highest BCUT2D eigenvalue weighted by atomic mass is 32.2. The Balaban J connectivity index is 1.42. The van der Waals surface area contributed by atoms with E-state index in [9.17, 15) is 18.0 Å². The summed E-state index contributed by atoms with van der Waals surface area (Å²) in [6.45, 7) is 0.845. The number of sulfonamides is 1. The van der Waals surface area contributed by atoms with Crippen molar-refractivity contribution in [1.82, 2.24) is 9.71 Å². The lowest BCUT2D eigenvalue weighted by Crippen LogP contribution is -2.31. The Hall–Kier alpha value is -3.46. The fourth-order valence-corrected chi connectivity index (χ4v) is 4.42. The fraction of sp³-hybridized carbons (Fsp3) is 0.190. The van der Waals surface area contributed by atoms with E-state index in [4.69, 9.17) is 9.47 Å². The van der Waals surface area contributed by atoms with Crippen molar-refractivity contribution in [2.75, 3.05) is 13.2 Å². The molecule has 0 radical (unpaired) electrons. The van der Waals surface area contributed by atoms with Crippen LogP contribution in [-0.4, -0.2) is 38.3 Å². The van der Waals surface area contributed by atoms with Crippen LogP contribution in [0.3, 0.4) is 0 Å². The summed E-state index contributed by atoms with van der Waals surface area (Å²) >= 11 is 0. The van der Waals surface area contributed by atoms with E-state index in [2.05, 4.69) is 4.98 Å². The van der Waals surface area contributed by atoms with Gasteiger partial charge in [0.25, 0.3) is 10.0 Å². The molecule has 3 aromatic rings. The van der Waals surface area contributed by atoms with Gasteiger partial charge in [0.1, 0.15) is 13.2 Å². The Morgan fingerprint density at radius 3 is 2.63 bits per heavy atom. The molecule has 30 heavy (non-hydrogen) atoms. The lowest BCUT2D eigenvalue weighted by Gasteiger charge is -2.18. The molecule has 0 atom stereocenters. The molecular formula is C21H18N2O6S. The van der Waals surface area contributed by atoms with Crippen LogP contribution in [0.15, 0.2) is 59.8 Å². The van der Waals surface area contributed by atoms with Gasteiger partial charge in [-0.25, -0.2) is 13.1 Å². The molecule has 0 unspecified atom stereocenters. The molecule has 154 valence electrons. The number of Topliss-reactive ketones (excluding diaryl/α,β-unsaturated/α-hetero) is 1. The van der Waals surface area contributed by atoms with Gasteiger partial charge in [0, 0.05) is 41.6 Å². The van der Waals surface area contributed by atoms with Crippen LogP contribution in [0.2, 0.25) is 0 Å². The molecule has 2 heterocycles. The zero-order valence-corrected chi connectivity index (χ0v) is 16.6. The minimum atomic E-state index is -4.09. The van der Waals surface area contributed by atoms with E-state index in [0.29, 0.717) is 41.0 Å². The summed E-state index contributed by atoms with van der Waals surface area (Å²) in [6, 6.07) is 11.1. The molecule has 0 bridgehead atoms. The summed E-state index contributed by atoms with van der Waals surface area (Å²) in [4.78, 5) is 28.6. The molecule has 0 fully saturated rings. The molecule has 1 amide bonds. The van der Waals surface area contributed by atoms with Gasteiger partial charge in [-0.1, -0.05) is 12.1 Å². The Morgan fingerprint density at radius 1 is 1.00 bits per heavy atom. The Kier molecular flexibility index (Phi) is 5.37. The van der Waals surface area contributed by atoms with Gasteiger partial charge < -0.3 is 9.47 Å². The standard InChI is InChI=1S/C21H18N2O6S/c24-17(14-4-6-18-19(12-14)29-11-10-28-18)5-7-21(25)23-30(26,27)20-3-1-2-15-13-22-9-8-16(15)20/h1-4,6,8-9,12-13H,5,7,10-11H2,(H,23,25). The van der Waals surface area contributed by atoms with Crippen LogP contribution in [0, 0.1) is 0 Å². The number of aromatic nitrogens is 1. The molecule has 9 heteroatoms. The monoisotopic (exact) mass is 426 g/mol. The Bertz CT molecular complexity index is 1230. The van der Waals surface area contributed by atoms with Gasteiger partial charge >= 0.3 is 0 Å². The second-order valence-electron chi connectivity index (χ2n) is 6.66. The van der Waals surface area contributed by atoms with Crippen LogP contribution in [0.25, 0.3) is 10.8 Å². The maximum Gasteiger partial charge on any atom is 0.264 e. The summed E-state index contributed by atoms with van der Waals surface area (Å²) in [5, 5.41) is 1.10. The maximum atomic E-state index is 12.7. The number of benzene rings is 2. The molecule has 0 aliphatic carbocycles. The molecule has 4 rings (SSSR count). The molecule has 0 spiro atoms. The highest BCUT2D eigenvalue weighted by molar-refractivity contribution is 7.90. The second-order valence-corrected chi connectivity index (χ2v) is 8.31. The lowest BCUT2D eigenvalue weighted by atomic mass is 10.1. The zero-order valence-electron chi connectivity index (χ0n) is 15.8. The third-order valence-electron chi connectivity index (χ3n) is 4.62. The maximum absolute atomic E-state index is 12.7. The smallest absolute Gasteiger partial charge is 0.264 e. The van der Waals surface area contributed by atoms with Crippen LogP contribution in [0.4, 0.5) is 0 Å². The van der Waals surface area contributed by atoms with Crippen molar-refractivity contribution in [2.45, 2.75) is 17.7 Å². The third-order valence-corrected chi connectivity index (χ3v) is 6.05. The van der Waals surface area contributed by atoms with E-state index in [1.165, 1.54) is 12.3 Å². The molecule has 1 N–H and O–H groups in total. The summed E-state index contributed by atoms with van der Waals surface area (Å²) in [5.41, 5.74) is 0.372. The van der Waals surface area contributed by atoms with Crippen molar-refractivity contribution >= 4 is 32.5 Å². The highest BCUT2D eigenvalue weighted by Crippen LogP contribution is 2.31. The van der Waals surface area contributed by atoms with Crippen molar-refractivity contribution in [3.05, 3.63) is 60.4 Å². The number of carbonyl (C=O) groups is 2. The van der Waals surface area contributed by atoms with Crippen molar-refractivity contribution in [3.8, 4) is 11.5 Å². The molecule has 1 aliphatic heterocycles. The lowest BCUT2D eigenvalue weighted by molar-refractivity contribution is -0.119. The zero-order chi connectivity index (χ0) is 21.1. The minimum Gasteiger partial charge on any atom is -0.486 e. The van der Waals surface area contributed by atoms with Gasteiger partial charge in [0.15, 0.2) is 17.3 Å². The van der Waals surface area contributed by atoms with E-state index in [1.54, 1.807) is 42.6 Å². The summed E-state index contributed by atoms with van der Waals surface area (Å²) in [5.74, 6) is -0.0146. The fourth-order valence-electron chi connectivity index (χ4n) is 3.17. The Morgan fingerprint density at radius 2 is 1.80 bits per heavy atom. The number of ether oxygens (including phenoxy) is 2. The van der Waals surface area contributed by atoms with Crippen molar-refractivity contribution < 1.29 is 27.5 Å². The quantitative estimate of drug-likeness (QED) is 0.603. The number of nitrogens with zero attached hydrogens (tertiary/aromatic N) is 1. The summed E-state index contributed by atoms with van der Waals surface area (Å²) in [6.07, 6.45) is 2.62. The largest absolute Gasteiger partial charge is 0.486 e. The Labute approximate surface area is 172 Å². The molecule has 1 aliphatic rings. The van der Waals surface area contributed by atoms with E-state index < -0.39 is 15.9 Å². The molecule has 2 aromatic carbocycles. The SMILES string of the molecule is O=C(CCC(=O)c1ccc2c(c1)OCCO2)NS(=O)(=O)c1cccc2cnccc12. The van der Waals surface area contributed by atoms with Gasteiger partial charge in [0.2, 0.25) is 5.91 Å². The minimum absolute atomic E-state index is 0.0195. The average molecular weight is 426 g/mol. The summed E-state index contributed by atoms with van der Waals surface area (Å²) < 4.78 is 38.2. The molecule has 8 nitrogen and oxygen atoms in total. The van der Waals surface area contributed by atoms with Crippen LogP contribution < -0.4 is 14.2 Å². The van der Waals surface area contributed by atoms with E-state index >= 15 is 0 Å². The predicted molar refractivity (Wildman–Crippen MR) is 108 cm³/mol. The molecule has 0 saturated carbocycles. The first kappa shape index (κ1) is 19.8. The third kappa shape index (κ3) is 4.11. The first-order valence-corrected chi connectivity index (χ1v) is 10.7. The number of hydrogen-bond donors (Lipinski definition) is 1. The average Bonchev–Trinajstić information content (AvgIpc) is 2.76. The molecular weight excluding hydrogens is 408 g/mol. The van der Waals surface area contributed by atoms with Crippen LogP contribution >= 0.6 is 0 Å². The van der Waals surface area contributed by atoms with E-state index in [-0.39, 0.29) is 23.5 Å². The first-order valence-electron chi connectivity index (χ1n) is 9.25. The number of nitrogens with one attached hydrogen (secondary N) is 1. The number of rotatable bonds is 6. The number of amides is 1. The molecule has 0 saturated heterocycles. The summed E-state index contributed by atoms with van der Waals surface area (Å²) in [7, 11) is -4.09. The van der Waals surface area contributed by atoms with E-state index in [0.717, 1.165) is 0 Å². The van der Waals surface area contributed by atoms with Gasteiger partial charge in [0.05, 0.1) is 4.90 Å². The number of pyridine rings is 1.